The molecule has 1 aromatic rings. The standard InChI is InChI=1S/C16H25BrN2S/c1-3-16(4-2)11-18-14(12-5-6-12)9-19(16)10-15-13(17)7-8-20-15/h7-8,12,14,18H,3-6,9-11H2,1-2H3. The summed E-state index contributed by atoms with van der Waals surface area (Å²) in [4.78, 5) is 4.25. The molecule has 112 valence electrons. The molecule has 3 rings (SSSR count). The lowest BCUT2D eigenvalue weighted by Gasteiger charge is -2.50. The molecule has 1 aliphatic carbocycles. The van der Waals surface area contributed by atoms with Crippen LogP contribution >= 0.6 is 27.3 Å². The number of nitrogens with one attached hydrogen (secondary N) is 1. The highest BCUT2D eigenvalue weighted by Gasteiger charge is 2.43. The Bertz CT molecular complexity index is 451. The zero-order valence-electron chi connectivity index (χ0n) is 12.5. The fraction of sp³-hybridized carbons (Fsp3) is 0.750. The molecule has 1 saturated carbocycles. The van der Waals surface area contributed by atoms with E-state index in [0.717, 1.165) is 25.0 Å². The summed E-state index contributed by atoms with van der Waals surface area (Å²) in [5.74, 6) is 0.941. The summed E-state index contributed by atoms with van der Waals surface area (Å²) in [5.41, 5.74) is 0.342. The summed E-state index contributed by atoms with van der Waals surface area (Å²) in [6.07, 6.45) is 5.33. The van der Waals surface area contributed by atoms with E-state index in [2.05, 4.69) is 51.4 Å². The van der Waals surface area contributed by atoms with Gasteiger partial charge in [-0.3, -0.25) is 4.90 Å². The van der Waals surface area contributed by atoms with Gasteiger partial charge in [-0.1, -0.05) is 13.8 Å². The van der Waals surface area contributed by atoms with Crippen molar-refractivity contribution in [3.05, 3.63) is 20.8 Å². The first kappa shape index (κ1) is 15.0. The third-order valence-corrected chi connectivity index (χ3v) is 7.23. The fourth-order valence-corrected chi connectivity index (χ4v) is 5.03. The molecule has 1 unspecified atom stereocenters. The number of piperazine rings is 1. The largest absolute Gasteiger partial charge is 0.311 e. The Kier molecular flexibility index (Phi) is 4.56. The van der Waals surface area contributed by atoms with E-state index in [0.29, 0.717) is 5.54 Å². The molecule has 1 atom stereocenters. The molecular weight excluding hydrogens is 332 g/mol. The Balaban J connectivity index is 1.78. The zero-order valence-corrected chi connectivity index (χ0v) is 14.9. The maximum Gasteiger partial charge on any atom is 0.0346 e. The van der Waals surface area contributed by atoms with Crippen LogP contribution in [0.4, 0.5) is 0 Å². The number of hydrogen-bond acceptors (Lipinski definition) is 3. The fourth-order valence-electron chi connectivity index (χ4n) is 3.53. The topological polar surface area (TPSA) is 15.3 Å². The Morgan fingerprint density at radius 1 is 1.40 bits per heavy atom. The maximum absolute atomic E-state index is 3.85. The molecule has 0 amide bonds. The molecule has 1 saturated heterocycles. The van der Waals surface area contributed by atoms with Crippen molar-refractivity contribution in [2.45, 2.75) is 57.7 Å². The van der Waals surface area contributed by atoms with Gasteiger partial charge >= 0.3 is 0 Å². The maximum atomic E-state index is 3.85. The molecular formula is C16H25BrN2S. The summed E-state index contributed by atoms with van der Waals surface area (Å²) >= 11 is 5.58. The van der Waals surface area contributed by atoms with Crippen LogP contribution in [0.15, 0.2) is 15.9 Å². The van der Waals surface area contributed by atoms with E-state index >= 15 is 0 Å². The normalized spacial score (nSPS) is 26.9. The summed E-state index contributed by atoms with van der Waals surface area (Å²) in [5, 5.41) is 6.04. The Morgan fingerprint density at radius 3 is 2.70 bits per heavy atom. The molecule has 2 aliphatic rings. The van der Waals surface area contributed by atoms with Crippen LogP contribution < -0.4 is 5.32 Å². The van der Waals surface area contributed by atoms with Crippen LogP contribution in [0.3, 0.4) is 0 Å². The summed E-state index contributed by atoms with van der Waals surface area (Å²) in [6.45, 7) is 8.17. The summed E-state index contributed by atoms with van der Waals surface area (Å²) in [6, 6.07) is 2.90. The molecule has 0 bridgehead atoms. The zero-order chi connectivity index (χ0) is 14.2. The minimum Gasteiger partial charge on any atom is -0.311 e. The summed E-state index contributed by atoms with van der Waals surface area (Å²) < 4.78 is 1.28. The van der Waals surface area contributed by atoms with E-state index in [1.54, 1.807) is 0 Å². The lowest BCUT2D eigenvalue weighted by Crippen LogP contribution is -2.64. The van der Waals surface area contributed by atoms with Gasteiger partial charge in [0, 0.05) is 40.6 Å². The van der Waals surface area contributed by atoms with Crippen molar-refractivity contribution in [3.8, 4) is 0 Å². The third kappa shape index (κ3) is 2.85. The van der Waals surface area contributed by atoms with Crippen LogP contribution in [0.2, 0.25) is 0 Å². The third-order valence-electron chi connectivity index (χ3n) is 5.31. The smallest absolute Gasteiger partial charge is 0.0346 e. The van der Waals surface area contributed by atoms with Gasteiger partial charge < -0.3 is 5.32 Å². The van der Waals surface area contributed by atoms with Crippen LogP contribution in [0.25, 0.3) is 0 Å². The second kappa shape index (κ2) is 6.07. The minimum atomic E-state index is 0.342. The lowest BCUT2D eigenvalue weighted by molar-refractivity contribution is 0.0209. The number of halogens is 1. The highest BCUT2D eigenvalue weighted by molar-refractivity contribution is 9.10. The average molecular weight is 357 g/mol. The Hall–Kier alpha value is 0.100. The van der Waals surface area contributed by atoms with Crippen molar-refractivity contribution in [2.24, 2.45) is 5.92 Å². The molecule has 0 radical (unpaired) electrons. The highest BCUT2D eigenvalue weighted by Crippen LogP contribution is 2.38. The van der Waals surface area contributed by atoms with E-state index in [9.17, 15) is 0 Å². The first-order valence-corrected chi connectivity index (χ1v) is 9.56. The second-order valence-electron chi connectivity index (χ2n) is 6.33. The van der Waals surface area contributed by atoms with Crippen LogP contribution in [0, 0.1) is 5.92 Å². The number of nitrogens with zero attached hydrogens (tertiary/aromatic N) is 1. The molecule has 0 spiro atoms. The van der Waals surface area contributed by atoms with Crippen molar-refractivity contribution in [1.29, 1.82) is 0 Å². The molecule has 1 aliphatic heterocycles. The molecule has 1 aromatic heterocycles. The molecule has 1 N–H and O–H groups in total. The number of rotatable bonds is 5. The van der Waals surface area contributed by atoms with Crippen molar-refractivity contribution < 1.29 is 0 Å². The van der Waals surface area contributed by atoms with Gasteiger partial charge in [0.05, 0.1) is 0 Å². The van der Waals surface area contributed by atoms with E-state index in [1.165, 1.54) is 41.6 Å². The SMILES string of the molecule is CCC1(CC)CNC(C2CC2)CN1Cc1sccc1Br. The second-order valence-corrected chi connectivity index (χ2v) is 8.18. The monoisotopic (exact) mass is 356 g/mol. The van der Waals surface area contributed by atoms with Crippen molar-refractivity contribution >= 4 is 27.3 Å². The first-order valence-electron chi connectivity index (χ1n) is 7.89. The van der Waals surface area contributed by atoms with E-state index in [1.807, 2.05) is 11.3 Å². The van der Waals surface area contributed by atoms with E-state index < -0.39 is 0 Å². The van der Waals surface area contributed by atoms with Crippen LogP contribution in [-0.2, 0) is 6.54 Å². The predicted octanol–water partition coefficient (Wildman–Crippen LogP) is 4.25. The summed E-state index contributed by atoms with van der Waals surface area (Å²) in [7, 11) is 0. The molecule has 2 heterocycles. The lowest BCUT2D eigenvalue weighted by atomic mass is 9.86. The number of thiophene rings is 1. The van der Waals surface area contributed by atoms with Gasteiger partial charge in [0.15, 0.2) is 0 Å². The predicted molar refractivity (Wildman–Crippen MR) is 90.3 cm³/mol. The van der Waals surface area contributed by atoms with Crippen LogP contribution in [0.5, 0.6) is 0 Å². The van der Waals surface area contributed by atoms with E-state index in [4.69, 9.17) is 0 Å². The number of hydrogen-bond donors (Lipinski definition) is 1. The molecule has 2 nitrogen and oxygen atoms in total. The van der Waals surface area contributed by atoms with Gasteiger partial charge in [0.25, 0.3) is 0 Å². The van der Waals surface area contributed by atoms with Gasteiger partial charge in [-0.15, -0.1) is 11.3 Å². The van der Waals surface area contributed by atoms with Crippen molar-refractivity contribution in [1.82, 2.24) is 10.2 Å². The Labute approximate surface area is 135 Å². The van der Waals surface area contributed by atoms with Gasteiger partial charge in [0.1, 0.15) is 0 Å². The van der Waals surface area contributed by atoms with E-state index in [-0.39, 0.29) is 0 Å². The van der Waals surface area contributed by atoms with Gasteiger partial charge in [-0.05, 0) is 59.0 Å². The Morgan fingerprint density at radius 2 is 2.15 bits per heavy atom. The molecule has 2 fully saturated rings. The first-order chi connectivity index (χ1) is 9.68. The molecule has 20 heavy (non-hydrogen) atoms. The molecule has 4 heteroatoms. The van der Waals surface area contributed by atoms with Gasteiger partial charge in [-0.2, -0.15) is 0 Å². The van der Waals surface area contributed by atoms with Gasteiger partial charge in [-0.25, -0.2) is 0 Å². The highest BCUT2D eigenvalue weighted by atomic mass is 79.9. The minimum absolute atomic E-state index is 0.342. The van der Waals surface area contributed by atoms with Crippen molar-refractivity contribution in [2.75, 3.05) is 13.1 Å². The average Bonchev–Trinajstić information content (AvgIpc) is 3.24. The van der Waals surface area contributed by atoms with Crippen molar-refractivity contribution in [3.63, 3.8) is 0 Å². The van der Waals surface area contributed by atoms with Crippen LogP contribution in [-0.4, -0.2) is 29.6 Å². The molecule has 0 aromatic carbocycles. The van der Waals surface area contributed by atoms with Gasteiger partial charge in [0.2, 0.25) is 0 Å². The quantitative estimate of drug-likeness (QED) is 0.847. The van der Waals surface area contributed by atoms with Crippen LogP contribution in [0.1, 0.15) is 44.4 Å².